The SMILES string of the molecule is COc1cc(O)c2c(O)c3c(cc2c1)C[C@]1(O)CC(=O)/C(=C(\N)O)C(=O)[C@]1(O)C3=O. The summed E-state index contributed by atoms with van der Waals surface area (Å²) in [4.78, 5) is 38.3. The molecule has 4 rings (SSSR count). The summed E-state index contributed by atoms with van der Waals surface area (Å²) in [6.07, 6.45) is -1.40. The summed E-state index contributed by atoms with van der Waals surface area (Å²) < 4.78 is 5.06. The number of nitrogens with two attached hydrogens (primary N) is 1. The average Bonchev–Trinajstić information content (AvgIpc) is 2.63. The highest BCUT2D eigenvalue weighted by atomic mass is 16.5. The van der Waals surface area contributed by atoms with Crippen LogP contribution in [0.25, 0.3) is 10.8 Å². The second kappa shape index (κ2) is 5.94. The summed E-state index contributed by atoms with van der Waals surface area (Å²) in [5, 5.41) is 52.7. The van der Waals surface area contributed by atoms with E-state index in [0.717, 1.165) is 0 Å². The summed E-state index contributed by atoms with van der Waals surface area (Å²) >= 11 is 0. The number of aromatic hydroxyl groups is 2. The molecule has 0 amide bonds. The monoisotopic (exact) mass is 415 g/mol. The van der Waals surface area contributed by atoms with E-state index in [9.17, 15) is 39.9 Å². The summed E-state index contributed by atoms with van der Waals surface area (Å²) in [7, 11) is 1.36. The van der Waals surface area contributed by atoms with Crippen LogP contribution in [0.3, 0.4) is 0 Å². The van der Waals surface area contributed by atoms with Gasteiger partial charge in [-0.2, -0.15) is 0 Å². The zero-order valence-electron chi connectivity index (χ0n) is 15.6. The van der Waals surface area contributed by atoms with E-state index >= 15 is 0 Å². The number of rotatable bonds is 1. The van der Waals surface area contributed by atoms with Crippen molar-refractivity contribution in [3.05, 3.63) is 40.8 Å². The second-order valence-corrected chi connectivity index (χ2v) is 7.44. The smallest absolute Gasteiger partial charge is 0.220 e. The van der Waals surface area contributed by atoms with Crippen molar-refractivity contribution >= 4 is 28.1 Å². The molecule has 2 aromatic carbocycles. The zero-order chi connectivity index (χ0) is 22.2. The van der Waals surface area contributed by atoms with Gasteiger partial charge in [-0.15, -0.1) is 0 Å². The van der Waals surface area contributed by atoms with Crippen LogP contribution in [0.15, 0.2) is 29.7 Å². The third-order valence-electron chi connectivity index (χ3n) is 5.74. The first-order valence-electron chi connectivity index (χ1n) is 8.78. The minimum Gasteiger partial charge on any atom is -0.507 e. The molecule has 0 aliphatic heterocycles. The maximum atomic E-state index is 13.2. The molecule has 0 aromatic heterocycles. The van der Waals surface area contributed by atoms with Crippen molar-refractivity contribution in [3.63, 3.8) is 0 Å². The molecule has 0 spiro atoms. The fourth-order valence-corrected chi connectivity index (χ4v) is 4.30. The number of hydrogen-bond donors (Lipinski definition) is 6. The van der Waals surface area contributed by atoms with Crippen LogP contribution in [0.2, 0.25) is 0 Å². The third-order valence-corrected chi connectivity index (χ3v) is 5.74. The highest BCUT2D eigenvalue weighted by Crippen LogP contribution is 2.49. The lowest BCUT2D eigenvalue weighted by atomic mass is 9.59. The van der Waals surface area contributed by atoms with Crippen LogP contribution in [0.1, 0.15) is 22.3 Å². The van der Waals surface area contributed by atoms with E-state index in [1.807, 2.05) is 0 Å². The molecule has 10 nitrogen and oxygen atoms in total. The molecule has 156 valence electrons. The van der Waals surface area contributed by atoms with Gasteiger partial charge in [0.25, 0.3) is 0 Å². The van der Waals surface area contributed by atoms with Gasteiger partial charge in [0.05, 0.1) is 18.1 Å². The van der Waals surface area contributed by atoms with Crippen molar-refractivity contribution in [1.29, 1.82) is 0 Å². The molecule has 30 heavy (non-hydrogen) atoms. The summed E-state index contributed by atoms with van der Waals surface area (Å²) in [5.41, 5.74) is -1.96. The number of aliphatic hydroxyl groups is 3. The van der Waals surface area contributed by atoms with Gasteiger partial charge in [-0.05, 0) is 23.1 Å². The van der Waals surface area contributed by atoms with Gasteiger partial charge in [0.15, 0.2) is 11.7 Å². The van der Waals surface area contributed by atoms with Crippen LogP contribution in [0, 0.1) is 0 Å². The Morgan fingerprint density at radius 1 is 1.07 bits per heavy atom. The van der Waals surface area contributed by atoms with Gasteiger partial charge in [-0.25, -0.2) is 0 Å². The molecule has 0 unspecified atom stereocenters. The number of aliphatic hydroxyl groups excluding tert-OH is 1. The van der Waals surface area contributed by atoms with Gasteiger partial charge in [-0.3, -0.25) is 14.4 Å². The molecule has 1 saturated carbocycles. The summed E-state index contributed by atoms with van der Waals surface area (Å²) in [5.74, 6) is -6.04. The predicted octanol–water partition coefficient (Wildman–Crippen LogP) is -0.269. The number of carbonyl (C=O) groups excluding carboxylic acids is 3. The minimum absolute atomic E-state index is 0.0508. The number of Topliss-reactive ketones (excluding diaryl/α,β-unsaturated/α-hetero) is 3. The van der Waals surface area contributed by atoms with E-state index in [4.69, 9.17) is 10.5 Å². The van der Waals surface area contributed by atoms with E-state index < -0.39 is 69.9 Å². The van der Waals surface area contributed by atoms with Crippen molar-refractivity contribution in [1.82, 2.24) is 0 Å². The molecule has 1 fully saturated rings. The van der Waals surface area contributed by atoms with Crippen LogP contribution < -0.4 is 10.5 Å². The predicted molar refractivity (Wildman–Crippen MR) is 100 cm³/mol. The van der Waals surface area contributed by atoms with Gasteiger partial charge >= 0.3 is 0 Å². The Labute approximate surface area is 168 Å². The fraction of sp³-hybridized carbons (Fsp3) is 0.250. The van der Waals surface area contributed by atoms with Crippen molar-refractivity contribution in [2.45, 2.75) is 24.0 Å². The highest BCUT2D eigenvalue weighted by molar-refractivity contribution is 6.36. The van der Waals surface area contributed by atoms with Crippen LogP contribution in [0.4, 0.5) is 0 Å². The molecule has 0 bridgehead atoms. The van der Waals surface area contributed by atoms with Crippen LogP contribution in [-0.4, -0.2) is 61.2 Å². The number of phenolic OH excluding ortho intramolecular Hbond substituents is 2. The molecule has 2 atom stereocenters. The first kappa shape index (κ1) is 19.7. The number of benzene rings is 2. The van der Waals surface area contributed by atoms with Crippen molar-refractivity contribution in [2.75, 3.05) is 7.11 Å². The average molecular weight is 415 g/mol. The number of methoxy groups -OCH3 is 1. The molecule has 10 heteroatoms. The number of hydrogen-bond acceptors (Lipinski definition) is 10. The van der Waals surface area contributed by atoms with Crippen molar-refractivity contribution in [2.24, 2.45) is 5.73 Å². The van der Waals surface area contributed by atoms with Crippen molar-refractivity contribution < 1.29 is 44.7 Å². The Balaban J connectivity index is 2.04. The summed E-state index contributed by atoms with van der Waals surface area (Å²) in [6.45, 7) is 0. The first-order chi connectivity index (χ1) is 14.0. The molecule has 2 aromatic rings. The van der Waals surface area contributed by atoms with Crippen LogP contribution >= 0.6 is 0 Å². The van der Waals surface area contributed by atoms with Gasteiger partial charge in [0.2, 0.25) is 17.2 Å². The van der Waals surface area contributed by atoms with E-state index in [0.29, 0.717) is 0 Å². The number of ether oxygens (including phenoxy) is 1. The highest BCUT2D eigenvalue weighted by Gasteiger charge is 2.68. The lowest BCUT2D eigenvalue weighted by Gasteiger charge is -2.47. The molecule has 0 radical (unpaired) electrons. The number of phenols is 2. The topological polar surface area (TPSA) is 188 Å². The van der Waals surface area contributed by atoms with Crippen molar-refractivity contribution in [3.8, 4) is 17.2 Å². The molecule has 2 aliphatic rings. The summed E-state index contributed by atoms with van der Waals surface area (Å²) in [6, 6.07) is 4.04. The molecule has 0 saturated heterocycles. The number of ketones is 3. The molecule has 2 aliphatic carbocycles. The standard InChI is InChI=1S/C20H17NO9/c1-30-9-3-7-2-8-5-19(28)6-11(23)14(18(21)27)17(26)20(19,29)16(25)13(8)15(24)12(7)10(22)4-9/h2-4,22,24,27-29H,5-6,21H2,1H3/b18-14-/t19-,20+/m0/s1. The zero-order valence-corrected chi connectivity index (χ0v) is 15.6. The lowest BCUT2D eigenvalue weighted by molar-refractivity contribution is -0.168. The van der Waals surface area contributed by atoms with Gasteiger partial charge in [0.1, 0.15) is 28.4 Å². The minimum atomic E-state index is -3.16. The van der Waals surface area contributed by atoms with E-state index in [1.54, 1.807) is 0 Å². The Morgan fingerprint density at radius 3 is 2.33 bits per heavy atom. The van der Waals surface area contributed by atoms with E-state index in [2.05, 4.69) is 0 Å². The Hall–Kier alpha value is -3.63. The number of fused-ring (bicyclic) bond motifs is 3. The fourth-order valence-electron chi connectivity index (χ4n) is 4.30. The van der Waals surface area contributed by atoms with Crippen LogP contribution in [-0.2, 0) is 16.0 Å². The molecule has 0 heterocycles. The second-order valence-electron chi connectivity index (χ2n) is 7.44. The largest absolute Gasteiger partial charge is 0.507 e. The van der Waals surface area contributed by atoms with Gasteiger partial charge in [0, 0.05) is 18.9 Å². The lowest BCUT2D eigenvalue weighted by Crippen LogP contribution is -2.71. The maximum absolute atomic E-state index is 13.2. The van der Waals surface area contributed by atoms with E-state index in [-0.39, 0.29) is 22.1 Å². The van der Waals surface area contributed by atoms with Gasteiger partial charge in [-0.1, -0.05) is 0 Å². The van der Waals surface area contributed by atoms with E-state index in [1.165, 1.54) is 25.3 Å². The normalized spacial score (nSPS) is 27.6. The molecular formula is C20H17NO9. The number of carbonyl (C=O) groups is 3. The quantitative estimate of drug-likeness (QED) is 0.157. The Morgan fingerprint density at radius 2 is 1.73 bits per heavy atom. The Bertz CT molecular complexity index is 1210. The third kappa shape index (κ3) is 2.22. The first-order valence-corrected chi connectivity index (χ1v) is 8.78. The Kier molecular flexibility index (Phi) is 3.90. The van der Waals surface area contributed by atoms with Gasteiger partial charge < -0.3 is 36.0 Å². The molecular weight excluding hydrogens is 398 g/mol. The molecule has 7 N–H and O–H groups in total. The maximum Gasteiger partial charge on any atom is 0.220 e. The van der Waals surface area contributed by atoms with Crippen LogP contribution in [0.5, 0.6) is 17.2 Å².